The molecule has 20 heavy (non-hydrogen) atoms. The maximum atomic E-state index is 12.2. The van der Waals surface area contributed by atoms with Crippen molar-refractivity contribution in [1.29, 1.82) is 0 Å². The minimum Gasteiger partial charge on any atom is -0.475 e. The molecule has 108 valence electrons. The molecule has 1 aromatic rings. The molecule has 4 heteroatoms. The number of hydrogen-bond donors (Lipinski definition) is 0. The summed E-state index contributed by atoms with van der Waals surface area (Å²) in [6.07, 6.45) is 0. The third kappa shape index (κ3) is 3.00. The first-order valence-electron chi connectivity index (χ1n) is 7.09. The lowest BCUT2D eigenvalue weighted by atomic mass is 10.1. The molecule has 1 amide bonds. The normalized spacial score (nSPS) is 16.5. The second-order valence-corrected chi connectivity index (χ2v) is 5.57. The van der Waals surface area contributed by atoms with Gasteiger partial charge in [-0.3, -0.25) is 4.79 Å². The highest BCUT2D eigenvalue weighted by atomic mass is 16.5. The molecule has 0 aromatic heterocycles. The number of amides is 1. The van der Waals surface area contributed by atoms with Gasteiger partial charge >= 0.3 is 0 Å². The number of benzene rings is 1. The zero-order chi connectivity index (χ0) is 14.8. The number of aliphatic imine (C=N–C) groups is 1. The summed E-state index contributed by atoms with van der Waals surface area (Å²) in [4.78, 5) is 18.5. The Hall–Kier alpha value is -1.84. The fourth-order valence-corrected chi connectivity index (χ4v) is 2.18. The van der Waals surface area contributed by atoms with Crippen LogP contribution in [0.4, 0.5) is 0 Å². The van der Waals surface area contributed by atoms with E-state index in [1.165, 1.54) is 0 Å². The number of hydrogen-bond acceptors (Lipinski definition) is 3. The summed E-state index contributed by atoms with van der Waals surface area (Å²) in [6, 6.07) is 7.48. The molecule has 0 bridgehead atoms. The van der Waals surface area contributed by atoms with Crippen molar-refractivity contribution in [1.82, 2.24) is 4.90 Å². The molecule has 0 spiro atoms. The van der Waals surface area contributed by atoms with Gasteiger partial charge in [0.25, 0.3) is 5.91 Å². The van der Waals surface area contributed by atoms with Crippen LogP contribution in [0, 0.1) is 0 Å². The van der Waals surface area contributed by atoms with E-state index in [1.54, 1.807) is 0 Å². The average molecular weight is 274 g/mol. The largest absolute Gasteiger partial charge is 0.475 e. The zero-order valence-corrected chi connectivity index (χ0v) is 12.6. The molecule has 1 aliphatic heterocycles. The van der Waals surface area contributed by atoms with Gasteiger partial charge in [-0.15, -0.1) is 0 Å². The van der Waals surface area contributed by atoms with Gasteiger partial charge in [0.1, 0.15) is 6.61 Å². The summed E-state index contributed by atoms with van der Waals surface area (Å²) in [5, 5.41) is 0. The summed E-state index contributed by atoms with van der Waals surface area (Å²) in [6.45, 7) is 10.1. The molecule has 0 radical (unpaired) electrons. The molecule has 0 saturated heterocycles. The Morgan fingerprint density at radius 3 is 2.30 bits per heavy atom. The highest BCUT2D eigenvalue weighted by Crippen LogP contribution is 2.21. The smallest absolute Gasteiger partial charge is 0.253 e. The minimum absolute atomic E-state index is 0.0659. The summed E-state index contributed by atoms with van der Waals surface area (Å²) in [7, 11) is 0. The van der Waals surface area contributed by atoms with Crippen molar-refractivity contribution in [3.05, 3.63) is 35.4 Å². The van der Waals surface area contributed by atoms with Crippen molar-refractivity contribution in [2.75, 3.05) is 19.7 Å². The molecular formula is C16H22N2O2. The lowest BCUT2D eigenvalue weighted by molar-refractivity contribution is 0.0773. The molecule has 4 nitrogen and oxygen atoms in total. The van der Waals surface area contributed by atoms with Crippen LogP contribution in [0.3, 0.4) is 0 Å². The number of carbonyl (C=O) groups excluding carboxylic acids is 1. The first-order chi connectivity index (χ1) is 9.46. The van der Waals surface area contributed by atoms with Crippen LogP contribution >= 0.6 is 0 Å². The summed E-state index contributed by atoms with van der Waals surface area (Å²) >= 11 is 0. The van der Waals surface area contributed by atoms with Crippen molar-refractivity contribution < 1.29 is 9.53 Å². The second-order valence-electron chi connectivity index (χ2n) is 5.57. The van der Waals surface area contributed by atoms with Crippen molar-refractivity contribution in [2.45, 2.75) is 33.2 Å². The van der Waals surface area contributed by atoms with Gasteiger partial charge in [0.2, 0.25) is 5.90 Å². The van der Waals surface area contributed by atoms with E-state index in [9.17, 15) is 4.79 Å². The quantitative estimate of drug-likeness (QED) is 0.847. The molecular weight excluding hydrogens is 252 g/mol. The molecule has 1 aliphatic rings. The van der Waals surface area contributed by atoms with Crippen molar-refractivity contribution in [3.8, 4) is 0 Å². The summed E-state index contributed by atoms with van der Waals surface area (Å²) < 4.78 is 5.60. The molecule has 1 heterocycles. The van der Waals surface area contributed by atoms with Crippen molar-refractivity contribution in [2.24, 2.45) is 4.99 Å². The highest BCUT2D eigenvalue weighted by molar-refractivity contribution is 5.98. The van der Waals surface area contributed by atoms with Gasteiger partial charge in [0.05, 0.1) is 5.54 Å². The molecule has 0 N–H and O–H groups in total. The number of nitrogens with zero attached hydrogens (tertiary/aromatic N) is 2. The summed E-state index contributed by atoms with van der Waals surface area (Å²) in [5.41, 5.74) is 1.47. The first-order valence-corrected chi connectivity index (χ1v) is 7.09. The van der Waals surface area contributed by atoms with Gasteiger partial charge in [-0.25, -0.2) is 4.99 Å². The van der Waals surface area contributed by atoms with E-state index in [-0.39, 0.29) is 11.4 Å². The van der Waals surface area contributed by atoms with Crippen molar-refractivity contribution >= 4 is 11.8 Å². The standard InChI is InChI=1S/C16H22N2O2/c1-5-18(6-2)15(19)13-9-7-12(8-10-13)14-17-16(3,4)11-20-14/h7-10H,5-6,11H2,1-4H3. The Morgan fingerprint density at radius 2 is 1.85 bits per heavy atom. The van der Waals surface area contributed by atoms with Gasteiger partial charge in [0.15, 0.2) is 0 Å². The van der Waals surface area contributed by atoms with Gasteiger partial charge < -0.3 is 9.64 Å². The lowest BCUT2D eigenvalue weighted by Gasteiger charge is -2.18. The molecule has 0 atom stereocenters. The predicted molar refractivity (Wildman–Crippen MR) is 80.3 cm³/mol. The van der Waals surface area contributed by atoms with Crippen molar-refractivity contribution in [3.63, 3.8) is 0 Å². The van der Waals surface area contributed by atoms with Gasteiger partial charge in [-0.05, 0) is 52.0 Å². The van der Waals surface area contributed by atoms with Gasteiger partial charge in [-0.1, -0.05) is 0 Å². The number of carbonyl (C=O) groups is 1. The second kappa shape index (κ2) is 5.65. The topological polar surface area (TPSA) is 41.9 Å². The molecule has 0 aliphatic carbocycles. The van der Waals surface area contributed by atoms with Crippen LogP contribution in [0.2, 0.25) is 0 Å². The molecule has 2 rings (SSSR count). The van der Waals surface area contributed by atoms with Crippen LogP contribution in [0.1, 0.15) is 43.6 Å². The molecule has 0 fully saturated rings. The SMILES string of the molecule is CCN(CC)C(=O)c1ccc(C2=NC(C)(C)CO2)cc1. The van der Waals surface area contributed by atoms with E-state index in [0.717, 1.165) is 18.7 Å². The third-order valence-corrected chi connectivity index (χ3v) is 3.40. The molecule has 0 unspecified atom stereocenters. The first kappa shape index (κ1) is 14.6. The Morgan fingerprint density at radius 1 is 1.25 bits per heavy atom. The van der Waals surface area contributed by atoms with E-state index in [0.29, 0.717) is 18.1 Å². The maximum absolute atomic E-state index is 12.2. The fraction of sp³-hybridized carbons (Fsp3) is 0.500. The number of ether oxygens (including phenoxy) is 1. The van der Waals surface area contributed by atoms with E-state index >= 15 is 0 Å². The Bertz CT molecular complexity index is 514. The van der Waals surface area contributed by atoms with Gasteiger partial charge in [0, 0.05) is 24.2 Å². The average Bonchev–Trinajstić information content (AvgIpc) is 2.80. The van der Waals surface area contributed by atoms with Crippen LogP contribution in [-0.4, -0.2) is 41.9 Å². The van der Waals surface area contributed by atoms with E-state index in [2.05, 4.69) is 4.99 Å². The zero-order valence-electron chi connectivity index (χ0n) is 12.6. The van der Waals surface area contributed by atoms with Crippen LogP contribution in [0.25, 0.3) is 0 Å². The van der Waals surface area contributed by atoms with Crippen LogP contribution in [0.5, 0.6) is 0 Å². The minimum atomic E-state index is -0.162. The Balaban J connectivity index is 2.17. The Kier molecular flexibility index (Phi) is 4.12. The number of rotatable bonds is 4. The van der Waals surface area contributed by atoms with E-state index in [4.69, 9.17) is 4.74 Å². The van der Waals surface area contributed by atoms with Crippen LogP contribution < -0.4 is 0 Å². The van der Waals surface area contributed by atoms with E-state index in [1.807, 2.05) is 56.9 Å². The van der Waals surface area contributed by atoms with E-state index < -0.39 is 0 Å². The molecule has 0 saturated carbocycles. The Labute approximate surface area is 120 Å². The van der Waals surface area contributed by atoms with Crippen LogP contribution in [0.15, 0.2) is 29.3 Å². The third-order valence-electron chi connectivity index (χ3n) is 3.40. The fourth-order valence-electron chi connectivity index (χ4n) is 2.18. The summed E-state index contributed by atoms with van der Waals surface area (Å²) in [5.74, 6) is 0.730. The van der Waals surface area contributed by atoms with Crippen LogP contribution in [-0.2, 0) is 4.74 Å². The lowest BCUT2D eigenvalue weighted by Crippen LogP contribution is -2.30. The molecule has 1 aromatic carbocycles. The maximum Gasteiger partial charge on any atom is 0.253 e. The predicted octanol–water partition coefficient (Wildman–Crippen LogP) is 2.72. The monoisotopic (exact) mass is 274 g/mol. The van der Waals surface area contributed by atoms with Gasteiger partial charge in [-0.2, -0.15) is 0 Å². The highest BCUT2D eigenvalue weighted by Gasteiger charge is 2.27.